The van der Waals surface area contributed by atoms with Crippen LogP contribution in [0.2, 0.25) is 0 Å². The normalized spacial score (nSPS) is 16.6. The lowest BCUT2D eigenvalue weighted by Gasteiger charge is -2.34. The highest BCUT2D eigenvalue weighted by molar-refractivity contribution is 5.77. The van der Waals surface area contributed by atoms with Crippen molar-refractivity contribution in [3.63, 3.8) is 0 Å². The van der Waals surface area contributed by atoms with Crippen molar-refractivity contribution < 1.29 is 22.7 Å². The van der Waals surface area contributed by atoms with Crippen molar-refractivity contribution in [1.82, 2.24) is 5.32 Å². The molecule has 1 fully saturated rings. The second-order valence-corrected chi connectivity index (χ2v) is 5.31. The Balaban J connectivity index is 1.93. The minimum Gasteiger partial charge on any atom is -0.375 e. The van der Waals surface area contributed by atoms with Crippen molar-refractivity contribution in [2.24, 2.45) is 0 Å². The maximum Gasteiger partial charge on any atom is 0.416 e. The van der Waals surface area contributed by atoms with E-state index in [1.54, 1.807) is 6.07 Å². The summed E-state index contributed by atoms with van der Waals surface area (Å²) in [5.41, 5.74) is -0.0722. The van der Waals surface area contributed by atoms with Crippen LogP contribution in [0.3, 0.4) is 0 Å². The van der Waals surface area contributed by atoms with Crippen LogP contribution >= 0.6 is 0 Å². The number of anilines is 1. The van der Waals surface area contributed by atoms with Crippen LogP contribution in [0, 0.1) is 0 Å². The van der Waals surface area contributed by atoms with Crippen molar-refractivity contribution >= 4 is 11.6 Å². The van der Waals surface area contributed by atoms with Crippen LogP contribution in [0.1, 0.15) is 18.4 Å². The Hall–Kier alpha value is -1.76. The number of methoxy groups -OCH3 is 1. The zero-order valence-corrected chi connectivity index (χ0v) is 12.3. The predicted octanol–water partition coefficient (Wildman–Crippen LogP) is 2.44. The molecule has 7 heteroatoms. The Morgan fingerprint density at radius 1 is 1.36 bits per heavy atom. The molecule has 1 saturated heterocycles. The third-order valence-corrected chi connectivity index (χ3v) is 3.67. The van der Waals surface area contributed by atoms with E-state index < -0.39 is 11.7 Å². The first-order valence-electron chi connectivity index (χ1n) is 7.10. The Kier molecular flexibility index (Phi) is 5.28. The SMILES string of the molecule is COCC(=O)NC1CCN(c2cccc(C(F)(F)F)c2)CC1. The number of ether oxygens (including phenoxy) is 1. The van der Waals surface area contributed by atoms with Crippen LogP contribution in [0.5, 0.6) is 0 Å². The van der Waals surface area contributed by atoms with Gasteiger partial charge in [0.25, 0.3) is 0 Å². The number of halogens is 3. The maximum absolute atomic E-state index is 12.7. The summed E-state index contributed by atoms with van der Waals surface area (Å²) in [5, 5.41) is 2.86. The highest BCUT2D eigenvalue weighted by Crippen LogP contribution is 2.32. The van der Waals surface area contributed by atoms with Gasteiger partial charge in [-0.05, 0) is 31.0 Å². The van der Waals surface area contributed by atoms with Crippen LogP contribution in [0.25, 0.3) is 0 Å². The second-order valence-electron chi connectivity index (χ2n) is 5.31. The van der Waals surface area contributed by atoms with Crippen molar-refractivity contribution in [1.29, 1.82) is 0 Å². The van der Waals surface area contributed by atoms with Gasteiger partial charge in [-0.2, -0.15) is 13.2 Å². The van der Waals surface area contributed by atoms with E-state index in [-0.39, 0.29) is 18.6 Å². The van der Waals surface area contributed by atoms with Crippen molar-refractivity contribution in [2.75, 3.05) is 31.7 Å². The molecule has 0 unspecified atom stereocenters. The number of piperidine rings is 1. The highest BCUT2D eigenvalue weighted by atomic mass is 19.4. The summed E-state index contributed by atoms with van der Waals surface area (Å²) in [4.78, 5) is 13.4. The van der Waals surface area contributed by atoms with Gasteiger partial charge in [0.1, 0.15) is 6.61 Å². The number of nitrogens with one attached hydrogen (secondary N) is 1. The quantitative estimate of drug-likeness (QED) is 0.928. The van der Waals surface area contributed by atoms with Gasteiger partial charge in [-0.3, -0.25) is 4.79 Å². The molecule has 1 aliphatic rings. The van der Waals surface area contributed by atoms with Crippen LogP contribution in [-0.2, 0) is 15.7 Å². The molecule has 1 N–H and O–H groups in total. The molecule has 1 aromatic rings. The van der Waals surface area contributed by atoms with E-state index in [0.717, 1.165) is 6.07 Å². The Morgan fingerprint density at radius 2 is 2.05 bits per heavy atom. The third kappa shape index (κ3) is 4.37. The van der Waals surface area contributed by atoms with Crippen LogP contribution in [-0.4, -0.2) is 38.8 Å². The number of benzene rings is 1. The summed E-state index contributed by atoms with van der Waals surface area (Å²) < 4.78 is 43.0. The molecule has 1 amide bonds. The van der Waals surface area contributed by atoms with Crippen molar-refractivity contribution in [2.45, 2.75) is 25.1 Å². The fraction of sp³-hybridized carbons (Fsp3) is 0.533. The number of hydrogen-bond acceptors (Lipinski definition) is 3. The third-order valence-electron chi connectivity index (χ3n) is 3.67. The summed E-state index contributed by atoms with van der Waals surface area (Å²) in [6, 6.07) is 5.39. The van der Waals surface area contributed by atoms with Gasteiger partial charge in [-0.25, -0.2) is 0 Å². The standard InChI is InChI=1S/C15H19F3N2O2/c1-22-10-14(21)19-12-5-7-20(8-6-12)13-4-2-3-11(9-13)15(16,17)18/h2-4,9,12H,5-8,10H2,1H3,(H,19,21). The molecule has 0 spiro atoms. The molecule has 0 radical (unpaired) electrons. The van der Waals surface area contributed by atoms with Crippen LogP contribution in [0.4, 0.5) is 18.9 Å². The summed E-state index contributed by atoms with van der Waals surface area (Å²) in [7, 11) is 1.45. The zero-order chi connectivity index (χ0) is 16.2. The first-order valence-corrected chi connectivity index (χ1v) is 7.10. The van der Waals surface area contributed by atoms with Gasteiger partial charge in [0, 0.05) is 31.9 Å². The van der Waals surface area contributed by atoms with Gasteiger partial charge in [0.05, 0.1) is 5.56 Å². The topological polar surface area (TPSA) is 41.6 Å². The number of amides is 1. The van der Waals surface area contributed by atoms with E-state index in [9.17, 15) is 18.0 Å². The van der Waals surface area contributed by atoms with Gasteiger partial charge < -0.3 is 15.0 Å². The molecule has 1 aromatic carbocycles. The summed E-state index contributed by atoms with van der Waals surface area (Å²) in [6.07, 6.45) is -2.93. The van der Waals surface area contributed by atoms with E-state index in [2.05, 4.69) is 5.32 Å². The highest BCUT2D eigenvalue weighted by Gasteiger charge is 2.31. The minimum absolute atomic E-state index is 0.0217. The summed E-state index contributed by atoms with van der Waals surface area (Å²) in [6.45, 7) is 1.24. The van der Waals surface area contributed by atoms with E-state index >= 15 is 0 Å². The molecule has 0 aliphatic carbocycles. The molecule has 1 aliphatic heterocycles. The maximum atomic E-state index is 12.7. The first kappa shape index (κ1) is 16.6. The zero-order valence-electron chi connectivity index (χ0n) is 12.3. The predicted molar refractivity (Wildman–Crippen MR) is 76.7 cm³/mol. The number of carbonyl (C=O) groups excluding carboxylic acids is 1. The lowest BCUT2D eigenvalue weighted by atomic mass is 10.0. The number of nitrogens with zero attached hydrogens (tertiary/aromatic N) is 1. The van der Waals surface area contributed by atoms with E-state index in [4.69, 9.17) is 4.74 Å². The second kappa shape index (κ2) is 7.00. The molecule has 0 aromatic heterocycles. The lowest BCUT2D eigenvalue weighted by molar-refractivity contribution is -0.137. The largest absolute Gasteiger partial charge is 0.416 e. The van der Waals surface area contributed by atoms with E-state index in [1.807, 2.05) is 4.90 Å². The molecular formula is C15H19F3N2O2. The fourth-order valence-corrected chi connectivity index (χ4v) is 2.56. The molecule has 4 nitrogen and oxygen atoms in total. The van der Waals surface area contributed by atoms with Crippen LogP contribution < -0.4 is 10.2 Å². The average Bonchev–Trinajstić information content (AvgIpc) is 2.47. The molecule has 0 atom stereocenters. The number of hydrogen-bond donors (Lipinski definition) is 1. The number of carbonyl (C=O) groups is 1. The van der Waals surface area contributed by atoms with Crippen molar-refractivity contribution in [3.05, 3.63) is 29.8 Å². The average molecular weight is 316 g/mol. The molecule has 2 rings (SSSR count). The summed E-state index contributed by atoms with van der Waals surface area (Å²) >= 11 is 0. The number of rotatable bonds is 4. The number of alkyl halides is 3. The molecule has 0 bridgehead atoms. The fourth-order valence-electron chi connectivity index (χ4n) is 2.56. The Morgan fingerprint density at radius 3 is 2.64 bits per heavy atom. The minimum atomic E-state index is -4.33. The molecule has 0 saturated carbocycles. The van der Waals surface area contributed by atoms with Gasteiger partial charge in [0.15, 0.2) is 0 Å². The van der Waals surface area contributed by atoms with Gasteiger partial charge >= 0.3 is 6.18 Å². The lowest BCUT2D eigenvalue weighted by Crippen LogP contribution is -2.45. The van der Waals surface area contributed by atoms with Crippen LogP contribution in [0.15, 0.2) is 24.3 Å². The molecule has 1 heterocycles. The van der Waals surface area contributed by atoms with Crippen molar-refractivity contribution in [3.8, 4) is 0 Å². The van der Waals surface area contributed by atoms with E-state index in [0.29, 0.717) is 31.6 Å². The summed E-state index contributed by atoms with van der Waals surface area (Å²) in [5.74, 6) is -0.167. The van der Waals surface area contributed by atoms with Gasteiger partial charge in [-0.1, -0.05) is 6.07 Å². The molecule has 22 heavy (non-hydrogen) atoms. The van der Waals surface area contributed by atoms with E-state index in [1.165, 1.54) is 19.2 Å². The monoisotopic (exact) mass is 316 g/mol. The molecular weight excluding hydrogens is 297 g/mol. The van der Waals surface area contributed by atoms with Gasteiger partial charge in [-0.15, -0.1) is 0 Å². The van der Waals surface area contributed by atoms with Gasteiger partial charge in [0.2, 0.25) is 5.91 Å². The Labute approximate surface area is 127 Å². The smallest absolute Gasteiger partial charge is 0.375 e. The Bertz CT molecular complexity index is 512. The first-order chi connectivity index (χ1) is 10.4. The molecule has 122 valence electrons.